The van der Waals surface area contributed by atoms with Crippen LogP contribution in [0.4, 0.5) is 5.69 Å². The molecule has 0 saturated heterocycles. The molecular formula is C15H18N4O3. The van der Waals surface area contributed by atoms with Gasteiger partial charge < -0.3 is 5.32 Å². The van der Waals surface area contributed by atoms with Gasteiger partial charge in [0.2, 0.25) is 5.91 Å². The Morgan fingerprint density at radius 3 is 2.50 bits per heavy atom. The highest BCUT2D eigenvalue weighted by Crippen LogP contribution is 2.21. The van der Waals surface area contributed by atoms with Crippen molar-refractivity contribution in [1.29, 1.82) is 0 Å². The van der Waals surface area contributed by atoms with E-state index in [9.17, 15) is 14.9 Å². The number of nitrogens with zero attached hydrogens (tertiary/aromatic N) is 3. The first-order chi connectivity index (χ1) is 10.4. The summed E-state index contributed by atoms with van der Waals surface area (Å²) in [5, 5.41) is 17.7. The SMILES string of the molecule is Cc1c([N+](=O)[O-])cnn1C(C)C(=O)NC(C)c1ccccc1. The predicted molar refractivity (Wildman–Crippen MR) is 81.3 cm³/mol. The molecule has 2 unspecified atom stereocenters. The highest BCUT2D eigenvalue weighted by Gasteiger charge is 2.24. The predicted octanol–water partition coefficient (Wildman–Crippen LogP) is 2.54. The van der Waals surface area contributed by atoms with Gasteiger partial charge in [-0.1, -0.05) is 30.3 Å². The summed E-state index contributed by atoms with van der Waals surface area (Å²) in [6.07, 6.45) is 1.17. The van der Waals surface area contributed by atoms with Crippen molar-refractivity contribution in [1.82, 2.24) is 15.1 Å². The summed E-state index contributed by atoms with van der Waals surface area (Å²) in [4.78, 5) is 22.7. The van der Waals surface area contributed by atoms with E-state index in [2.05, 4.69) is 10.4 Å². The molecule has 0 saturated carbocycles. The number of carbonyl (C=O) groups excluding carboxylic acids is 1. The number of rotatable bonds is 5. The molecule has 7 nitrogen and oxygen atoms in total. The van der Waals surface area contributed by atoms with Gasteiger partial charge in [0.25, 0.3) is 0 Å². The number of hydrogen-bond donors (Lipinski definition) is 1. The first-order valence-corrected chi connectivity index (χ1v) is 6.95. The molecule has 1 aromatic heterocycles. The van der Waals surface area contributed by atoms with Gasteiger partial charge in [-0.05, 0) is 26.3 Å². The van der Waals surface area contributed by atoms with E-state index in [-0.39, 0.29) is 17.6 Å². The second-order valence-electron chi connectivity index (χ2n) is 5.13. The van der Waals surface area contributed by atoms with Crippen molar-refractivity contribution in [3.63, 3.8) is 0 Å². The average Bonchev–Trinajstić information content (AvgIpc) is 2.89. The maximum atomic E-state index is 12.3. The third kappa shape index (κ3) is 3.13. The van der Waals surface area contributed by atoms with Crippen LogP contribution in [-0.2, 0) is 4.79 Å². The number of amides is 1. The molecule has 1 heterocycles. The van der Waals surface area contributed by atoms with Gasteiger partial charge in [-0.3, -0.25) is 19.6 Å². The smallest absolute Gasteiger partial charge is 0.309 e. The maximum Gasteiger partial charge on any atom is 0.309 e. The second-order valence-corrected chi connectivity index (χ2v) is 5.13. The van der Waals surface area contributed by atoms with Gasteiger partial charge in [-0.2, -0.15) is 5.10 Å². The lowest BCUT2D eigenvalue weighted by molar-refractivity contribution is -0.385. The quantitative estimate of drug-likeness (QED) is 0.679. The lowest BCUT2D eigenvalue weighted by atomic mass is 10.1. The molecule has 0 aliphatic carbocycles. The molecule has 0 radical (unpaired) electrons. The van der Waals surface area contributed by atoms with E-state index >= 15 is 0 Å². The molecule has 1 aromatic carbocycles. The number of benzene rings is 1. The first kappa shape index (κ1) is 15.7. The molecule has 0 bridgehead atoms. The standard InChI is InChI=1S/C15H18N4O3/c1-10(13-7-5-4-6-8-13)17-15(20)12(3)18-11(2)14(9-16-18)19(21)22/h4-10,12H,1-3H3,(H,17,20). The van der Waals surface area contributed by atoms with E-state index in [1.54, 1.807) is 13.8 Å². The fourth-order valence-electron chi connectivity index (χ4n) is 2.25. The summed E-state index contributed by atoms with van der Waals surface area (Å²) in [6, 6.07) is 8.80. The van der Waals surface area contributed by atoms with Crippen molar-refractivity contribution >= 4 is 11.6 Å². The van der Waals surface area contributed by atoms with E-state index < -0.39 is 11.0 Å². The normalized spacial score (nSPS) is 13.4. The zero-order valence-electron chi connectivity index (χ0n) is 12.7. The first-order valence-electron chi connectivity index (χ1n) is 6.95. The Kier molecular flexibility index (Phi) is 4.55. The van der Waals surface area contributed by atoms with Gasteiger partial charge in [0, 0.05) is 0 Å². The summed E-state index contributed by atoms with van der Waals surface area (Å²) in [7, 11) is 0. The van der Waals surface area contributed by atoms with Gasteiger partial charge in [0.15, 0.2) is 0 Å². The third-order valence-electron chi connectivity index (χ3n) is 3.62. The van der Waals surface area contributed by atoms with Crippen LogP contribution < -0.4 is 5.32 Å². The van der Waals surface area contributed by atoms with Crippen molar-refractivity contribution in [2.75, 3.05) is 0 Å². The molecule has 2 aromatic rings. The maximum absolute atomic E-state index is 12.3. The number of aromatic nitrogens is 2. The Labute approximate surface area is 128 Å². The van der Waals surface area contributed by atoms with Gasteiger partial charge in [0.05, 0.1) is 11.0 Å². The molecular weight excluding hydrogens is 284 g/mol. The van der Waals surface area contributed by atoms with Crippen LogP contribution in [-0.4, -0.2) is 20.6 Å². The van der Waals surface area contributed by atoms with Crippen LogP contribution in [0.1, 0.15) is 37.2 Å². The number of hydrogen-bond acceptors (Lipinski definition) is 4. The van der Waals surface area contributed by atoms with Crippen LogP contribution in [0, 0.1) is 17.0 Å². The average molecular weight is 302 g/mol. The monoisotopic (exact) mass is 302 g/mol. The van der Waals surface area contributed by atoms with Crippen LogP contribution >= 0.6 is 0 Å². The van der Waals surface area contributed by atoms with Crippen molar-refractivity contribution < 1.29 is 9.72 Å². The lowest BCUT2D eigenvalue weighted by Gasteiger charge is -2.18. The topological polar surface area (TPSA) is 90.1 Å². The minimum absolute atomic E-state index is 0.0873. The molecule has 1 N–H and O–H groups in total. The minimum Gasteiger partial charge on any atom is -0.348 e. The summed E-state index contributed by atoms with van der Waals surface area (Å²) in [5.41, 5.74) is 1.27. The minimum atomic E-state index is -0.625. The highest BCUT2D eigenvalue weighted by molar-refractivity contribution is 5.80. The molecule has 1 amide bonds. The zero-order valence-corrected chi connectivity index (χ0v) is 12.7. The van der Waals surface area contributed by atoms with E-state index in [1.165, 1.54) is 10.9 Å². The third-order valence-corrected chi connectivity index (χ3v) is 3.62. The molecule has 116 valence electrons. The van der Waals surface area contributed by atoms with Crippen molar-refractivity contribution in [3.05, 3.63) is 57.9 Å². The Balaban J connectivity index is 2.11. The molecule has 0 fully saturated rings. The number of carbonyl (C=O) groups is 1. The summed E-state index contributed by atoms with van der Waals surface area (Å²) in [5.74, 6) is -0.238. The number of nitro groups is 1. The zero-order chi connectivity index (χ0) is 16.3. The van der Waals surface area contributed by atoms with E-state index in [4.69, 9.17) is 0 Å². The Morgan fingerprint density at radius 1 is 1.32 bits per heavy atom. The van der Waals surface area contributed by atoms with Crippen LogP contribution in [0.15, 0.2) is 36.5 Å². The summed E-state index contributed by atoms with van der Waals surface area (Å²) >= 11 is 0. The van der Waals surface area contributed by atoms with Gasteiger partial charge in [-0.15, -0.1) is 0 Å². The fourth-order valence-corrected chi connectivity index (χ4v) is 2.25. The molecule has 22 heavy (non-hydrogen) atoms. The van der Waals surface area contributed by atoms with Crippen molar-refractivity contribution in [2.45, 2.75) is 32.9 Å². The molecule has 0 spiro atoms. The Morgan fingerprint density at radius 2 is 1.95 bits per heavy atom. The Hall–Kier alpha value is -2.70. The van der Waals surface area contributed by atoms with Crippen LogP contribution in [0.5, 0.6) is 0 Å². The van der Waals surface area contributed by atoms with Crippen LogP contribution in [0.3, 0.4) is 0 Å². The molecule has 0 aliphatic heterocycles. The molecule has 0 aliphatic rings. The van der Waals surface area contributed by atoms with E-state index in [0.29, 0.717) is 5.69 Å². The van der Waals surface area contributed by atoms with Crippen LogP contribution in [0.2, 0.25) is 0 Å². The molecule has 7 heteroatoms. The summed E-state index contributed by atoms with van der Waals surface area (Å²) in [6.45, 7) is 5.13. The highest BCUT2D eigenvalue weighted by atomic mass is 16.6. The van der Waals surface area contributed by atoms with Crippen molar-refractivity contribution in [2.24, 2.45) is 0 Å². The van der Waals surface area contributed by atoms with Gasteiger partial charge >= 0.3 is 5.69 Å². The fraction of sp³-hybridized carbons (Fsp3) is 0.333. The van der Waals surface area contributed by atoms with Crippen molar-refractivity contribution in [3.8, 4) is 0 Å². The molecule has 2 rings (SSSR count). The Bertz CT molecular complexity index is 681. The number of nitrogens with one attached hydrogen (secondary N) is 1. The van der Waals surface area contributed by atoms with Gasteiger partial charge in [-0.25, -0.2) is 0 Å². The lowest BCUT2D eigenvalue weighted by Crippen LogP contribution is -2.33. The largest absolute Gasteiger partial charge is 0.348 e. The summed E-state index contributed by atoms with van der Waals surface area (Å²) < 4.78 is 1.37. The van der Waals surface area contributed by atoms with Gasteiger partial charge in [0.1, 0.15) is 17.9 Å². The second kappa shape index (κ2) is 6.38. The van der Waals surface area contributed by atoms with Crippen LogP contribution in [0.25, 0.3) is 0 Å². The van der Waals surface area contributed by atoms with E-state index in [1.807, 2.05) is 37.3 Å². The van der Waals surface area contributed by atoms with E-state index in [0.717, 1.165) is 5.56 Å². The molecule has 2 atom stereocenters.